The molecule has 1 saturated heterocycles. The van der Waals surface area contributed by atoms with E-state index < -0.39 is 161 Å². The first-order valence-electron chi connectivity index (χ1n) is 33.0. The fourth-order valence-electron chi connectivity index (χ4n) is 11.4. The zero-order valence-electron chi connectivity index (χ0n) is 60.4. The summed E-state index contributed by atoms with van der Waals surface area (Å²) in [6.07, 6.45) is 3.92. The molecular weight excluding hydrogens is 1190 g/mol. The van der Waals surface area contributed by atoms with Crippen LogP contribution >= 0.6 is 0 Å². The van der Waals surface area contributed by atoms with Crippen LogP contribution in [-0.2, 0) is 68.9 Å². The summed E-state index contributed by atoms with van der Waals surface area (Å²) >= 11 is 0. The monoisotopic (exact) mass is 1310 g/mol. The highest BCUT2D eigenvalue weighted by Crippen LogP contribution is 2.26. The zero-order valence-corrected chi connectivity index (χ0v) is 60.4. The van der Waals surface area contributed by atoms with Crippen LogP contribution < -0.4 is 21.3 Å². The third kappa shape index (κ3) is 23.3. The van der Waals surface area contributed by atoms with E-state index in [0.29, 0.717) is 0 Å². The second-order valence-corrected chi connectivity index (χ2v) is 28.0. The fraction of sp³-hybridized carbons (Fsp3) is 0.710. The standard InChI is InChI=1S/C69H115N11O13/c1-25-27-31-45(13)58(82)57-62(86)72-49(26-2)64(88)74(18)38-54(81)75(19)53(37-69(16,17)93-39-48-32-29-28-30-33-48)61(85)73-55(43(9)10)67(91)76(20)50(34-40(3)4)60(84)70-46(14)59(83)71-47(15)63(87)77(21)51(35-41(5)6)65(89)78(22)52(36-42(7)8)66(90)79(23)56(44(11)12)68(92)80(57)24/h25,27-30,32-33,40-47,49-53,55-57H,26,31,34-39H2,1-24H3,(H,70,84)(H,71,83)(H,72,86)(H,73,85)/b27-25+/t45-,46+,47-,49+,50+,51+,52+,53+,55+,56+,57+/m1/s1. The third-order valence-corrected chi connectivity index (χ3v) is 17.3. The maximum atomic E-state index is 15.2. The number of hydrogen-bond donors (Lipinski definition) is 4. The van der Waals surface area contributed by atoms with Crippen LogP contribution in [0.4, 0.5) is 0 Å². The van der Waals surface area contributed by atoms with E-state index >= 15 is 19.2 Å². The van der Waals surface area contributed by atoms with Crippen molar-refractivity contribution in [1.82, 2.24) is 55.6 Å². The van der Waals surface area contributed by atoms with Gasteiger partial charge in [0, 0.05) is 61.7 Å². The Morgan fingerprint density at radius 2 is 1.03 bits per heavy atom. The van der Waals surface area contributed by atoms with Crippen LogP contribution in [0.3, 0.4) is 0 Å². The van der Waals surface area contributed by atoms with Gasteiger partial charge in [-0.1, -0.05) is 126 Å². The Bertz CT molecular complexity index is 2770. The fourth-order valence-corrected chi connectivity index (χ4v) is 11.4. The molecule has 24 heteroatoms. The molecule has 524 valence electrons. The summed E-state index contributed by atoms with van der Waals surface area (Å²) in [7, 11) is 9.73. The van der Waals surface area contributed by atoms with Crippen molar-refractivity contribution in [3.05, 3.63) is 48.0 Å². The summed E-state index contributed by atoms with van der Waals surface area (Å²) in [4.78, 5) is 185. The minimum absolute atomic E-state index is 0.0350. The normalized spacial score (nSPS) is 25.3. The van der Waals surface area contributed by atoms with Crippen LogP contribution in [0.5, 0.6) is 0 Å². The van der Waals surface area contributed by atoms with Crippen molar-refractivity contribution >= 4 is 70.8 Å². The van der Waals surface area contributed by atoms with Gasteiger partial charge in [-0.3, -0.25) is 57.5 Å². The van der Waals surface area contributed by atoms with E-state index in [0.717, 1.165) is 20.3 Å². The molecule has 11 atom stereocenters. The third-order valence-electron chi connectivity index (χ3n) is 17.3. The molecule has 1 aliphatic rings. The van der Waals surface area contributed by atoms with Crippen LogP contribution in [-0.4, -0.2) is 227 Å². The van der Waals surface area contributed by atoms with Gasteiger partial charge in [-0.15, -0.1) is 0 Å². The van der Waals surface area contributed by atoms with Crippen LogP contribution in [0.1, 0.15) is 162 Å². The Balaban J connectivity index is 3.03. The molecule has 4 N–H and O–H groups in total. The quantitative estimate of drug-likeness (QED) is 0.114. The molecule has 0 saturated carbocycles. The molecule has 1 aromatic rings. The van der Waals surface area contributed by atoms with Crippen LogP contribution in [0.15, 0.2) is 42.5 Å². The predicted molar refractivity (Wildman–Crippen MR) is 358 cm³/mol. The van der Waals surface area contributed by atoms with Crippen molar-refractivity contribution in [3.63, 3.8) is 0 Å². The summed E-state index contributed by atoms with van der Waals surface area (Å²) in [5.41, 5.74) is -0.261. The first kappa shape index (κ1) is 81.9. The molecule has 0 spiro atoms. The number of ether oxygens (including phenoxy) is 1. The summed E-state index contributed by atoms with van der Waals surface area (Å²) in [5.74, 6) is -11.2. The van der Waals surface area contributed by atoms with Crippen molar-refractivity contribution < 1.29 is 62.3 Å². The number of allylic oxidation sites excluding steroid dienone is 2. The number of amides is 11. The molecule has 1 heterocycles. The van der Waals surface area contributed by atoms with Gasteiger partial charge >= 0.3 is 0 Å². The molecule has 0 bridgehead atoms. The van der Waals surface area contributed by atoms with Crippen molar-refractivity contribution in [2.24, 2.45) is 35.5 Å². The lowest BCUT2D eigenvalue weighted by Gasteiger charge is -2.40. The van der Waals surface area contributed by atoms with Crippen LogP contribution in [0, 0.1) is 35.5 Å². The maximum Gasteiger partial charge on any atom is 0.251 e. The summed E-state index contributed by atoms with van der Waals surface area (Å²) in [6.45, 7) is 28.9. The predicted octanol–water partition coefficient (Wildman–Crippen LogP) is 4.82. The van der Waals surface area contributed by atoms with Gasteiger partial charge < -0.3 is 60.3 Å². The van der Waals surface area contributed by atoms with Crippen molar-refractivity contribution in [3.8, 4) is 0 Å². The first-order chi connectivity index (χ1) is 43.1. The van der Waals surface area contributed by atoms with Crippen molar-refractivity contribution in [2.45, 2.75) is 229 Å². The van der Waals surface area contributed by atoms with Gasteiger partial charge in [-0.2, -0.15) is 0 Å². The smallest absolute Gasteiger partial charge is 0.251 e. The van der Waals surface area contributed by atoms with Gasteiger partial charge in [0.2, 0.25) is 59.1 Å². The highest BCUT2D eigenvalue weighted by atomic mass is 16.5. The zero-order chi connectivity index (χ0) is 71.4. The van der Waals surface area contributed by atoms with E-state index in [9.17, 15) is 38.4 Å². The van der Waals surface area contributed by atoms with E-state index in [2.05, 4.69) is 21.3 Å². The minimum Gasteiger partial charge on any atom is -0.371 e. The molecule has 0 aromatic heterocycles. The second-order valence-electron chi connectivity index (χ2n) is 28.0. The van der Waals surface area contributed by atoms with E-state index in [4.69, 9.17) is 4.74 Å². The molecular formula is C69H115N11O13. The van der Waals surface area contributed by atoms with E-state index in [1.807, 2.05) is 71.9 Å². The van der Waals surface area contributed by atoms with E-state index in [-0.39, 0.29) is 62.9 Å². The summed E-state index contributed by atoms with van der Waals surface area (Å²) < 4.78 is 6.38. The highest BCUT2D eigenvalue weighted by molar-refractivity contribution is 6.10. The van der Waals surface area contributed by atoms with E-state index in [1.54, 1.807) is 74.5 Å². The SMILES string of the molecule is C/C=C/C[C@@H](C)C(=O)[C@H]1C(=O)N[C@@H](CC)C(=O)N(C)CC(=O)N(C)[C@@H](CC(C)(C)OCc2ccccc2)C(=O)N[C@@H](C(C)C)C(=O)N(C)[C@@H](CC(C)C)C(=O)N[C@@H](C)C(=O)N[C@H](C)C(=O)N(C)[C@@H](CC(C)C)C(=O)N(C)[C@@H](CC(C)C)C(=O)N(C)[C@@H](C(C)C)C(=O)N1C. The number of nitrogens with one attached hydrogen (secondary N) is 4. The lowest BCUT2D eigenvalue weighted by molar-refractivity contribution is -0.157. The number of benzene rings is 1. The molecule has 1 fully saturated rings. The van der Waals surface area contributed by atoms with Gasteiger partial charge in [-0.05, 0) is 102 Å². The average Bonchev–Trinajstić information content (AvgIpc) is 0.829. The maximum absolute atomic E-state index is 15.2. The van der Waals surface area contributed by atoms with Gasteiger partial charge in [0.15, 0.2) is 11.8 Å². The largest absolute Gasteiger partial charge is 0.371 e. The Labute approximate surface area is 554 Å². The molecule has 0 aliphatic carbocycles. The lowest BCUT2D eigenvalue weighted by Crippen LogP contribution is -2.63. The Morgan fingerprint density at radius 3 is 1.53 bits per heavy atom. The Morgan fingerprint density at radius 1 is 0.548 bits per heavy atom. The van der Waals surface area contributed by atoms with Gasteiger partial charge in [0.25, 0.3) is 5.91 Å². The molecule has 0 unspecified atom stereocenters. The lowest BCUT2D eigenvalue weighted by atomic mass is 9.92. The average molecular weight is 1310 g/mol. The summed E-state index contributed by atoms with van der Waals surface area (Å²) in [6, 6.07) is -3.82. The number of hydrogen-bond acceptors (Lipinski definition) is 13. The summed E-state index contributed by atoms with van der Waals surface area (Å²) in [5, 5.41) is 11.0. The van der Waals surface area contributed by atoms with Gasteiger partial charge in [0.05, 0.1) is 18.8 Å². The number of ketones is 1. The van der Waals surface area contributed by atoms with Gasteiger partial charge in [-0.25, -0.2) is 0 Å². The van der Waals surface area contributed by atoms with Crippen molar-refractivity contribution in [2.75, 3.05) is 55.9 Å². The molecule has 1 aromatic carbocycles. The van der Waals surface area contributed by atoms with Crippen molar-refractivity contribution in [1.29, 1.82) is 0 Å². The topological polar surface area (TPSA) is 285 Å². The van der Waals surface area contributed by atoms with E-state index in [1.165, 1.54) is 82.8 Å². The number of likely N-dealkylation sites (N-methyl/N-ethyl adjacent to an activating group) is 7. The molecule has 24 nitrogen and oxygen atoms in total. The molecule has 11 amide bonds. The van der Waals surface area contributed by atoms with Crippen LogP contribution in [0.25, 0.3) is 0 Å². The first-order valence-corrected chi connectivity index (χ1v) is 33.0. The number of carbonyl (C=O) groups excluding carboxylic acids is 12. The number of Topliss-reactive ketones (excluding diaryl/α,β-unsaturated/α-hetero) is 1. The molecule has 0 radical (unpaired) electrons. The Kier molecular flexibility index (Phi) is 32.6. The van der Waals surface area contributed by atoms with Crippen LogP contribution in [0.2, 0.25) is 0 Å². The number of nitrogens with zero attached hydrogens (tertiary/aromatic N) is 7. The number of rotatable bonds is 18. The Hall–Kier alpha value is -7.24. The number of carbonyl (C=O) groups is 12. The molecule has 1 aliphatic heterocycles. The molecule has 2 rings (SSSR count). The minimum atomic E-state index is -1.83. The molecule has 93 heavy (non-hydrogen) atoms. The highest BCUT2D eigenvalue weighted by Gasteiger charge is 2.46. The second kappa shape index (κ2) is 37.0. The van der Waals surface area contributed by atoms with Gasteiger partial charge in [0.1, 0.15) is 54.4 Å².